The number of aliphatic hydroxyl groups is 6. The van der Waals surface area contributed by atoms with Crippen LogP contribution in [0.15, 0.2) is 12.2 Å². The fourth-order valence-corrected chi connectivity index (χ4v) is 6.51. The third kappa shape index (κ3) is 22.1. The van der Waals surface area contributed by atoms with Gasteiger partial charge in [0.2, 0.25) is 5.91 Å². The number of amides is 1. The van der Waals surface area contributed by atoms with Crippen molar-refractivity contribution < 1.29 is 44.9 Å². The zero-order valence-electron chi connectivity index (χ0n) is 31.8. The molecule has 8 atom stereocenters. The molecule has 10 heteroatoms. The maximum Gasteiger partial charge on any atom is 0.249 e. The number of carbonyl (C=O) groups is 1. The zero-order valence-corrected chi connectivity index (χ0v) is 31.8. The van der Waals surface area contributed by atoms with Crippen molar-refractivity contribution in [3.8, 4) is 0 Å². The lowest BCUT2D eigenvalue weighted by Crippen LogP contribution is -2.60. The monoisotopic (exact) mass is 716 g/mol. The third-order valence-corrected chi connectivity index (χ3v) is 9.97. The van der Waals surface area contributed by atoms with E-state index in [0.717, 1.165) is 44.9 Å². The standard InChI is InChI=1S/C40H77NO9/c1-3-5-7-9-11-13-15-16-17-19-20-22-24-26-28-33(43)32(31-49-40-38(47)37(46)36(45)35(30-42)50-40)41-39(48)34(44)29-27-25-23-21-18-14-12-10-8-6-4-2/h26,28,32-38,40,42-47H,3-25,27,29-31H2,1-2H3,(H,41,48)/b28-26+. The smallest absolute Gasteiger partial charge is 0.249 e. The molecule has 0 aromatic heterocycles. The van der Waals surface area contributed by atoms with Gasteiger partial charge in [-0.05, 0) is 19.3 Å². The Morgan fingerprint density at radius 1 is 0.680 bits per heavy atom. The van der Waals surface area contributed by atoms with Gasteiger partial charge in [-0.2, -0.15) is 0 Å². The molecule has 1 saturated heterocycles. The number of carbonyl (C=O) groups excluding carboxylic acids is 1. The van der Waals surface area contributed by atoms with Crippen LogP contribution in [0.5, 0.6) is 0 Å². The van der Waals surface area contributed by atoms with Crippen molar-refractivity contribution in [2.24, 2.45) is 0 Å². The van der Waals surface area contributed by atoms with Crippen LogP contribution in [0.1, 0.15) is 174 Å². The minimum absolute atomic E-state index is 0.302. The van der Waals surface area contributed by atoms with Crippen molar-refractivity contribution in [3.05, 3.63) is 12.2 Å². The number of hydrogen-bond acceptors (Lipinski definition) is 9. The first-order chi connectivity index (χ1) is 24.3. The molecule has 0 aromatic carbocycles. The first-order valence-corrected chi connectivity index (χ1v) is 20.5. The predicted molar refractivity (Wildman–Crippen MR) is 200 cm³/mol. The molecule has 0 bridgehead atoms. The molecule has 1 fully saturated rings. The summed E-state index contributed by atoms with van der Waals surface area (Å²) in [5, 5.41) is 64.3. The van der Waals surface area contributed by atoms with E-state index >= 15 is 0 Å². The highest BCUT2D eigenvalue weighted by Gasteiger charge is 2.44. The van der Waals surface area contributed by atoms with Gasteiger partial charge in [0.15, 0.2) is 6.29 Å². The van der Waals surface area contributed by atoms with Gasteiger partial charge in [-0.25, -0.2) is 0 Å². The number of ether oxygens (including phenoxy) is 2. The molecule has 0 saturated carbocycles. The molecule has 0 radical (unpaired) electrons. The summed E-state index contributed by atoms with van der Waals surface area (Å²) in [7, 11) is 0. The zero-order chi connectivity index (χ0) is 36.8. The number of allylic oxidation sites excluding steroid dienone is 1. The predicted octanol–water partition coefficient (Wildman–Crippen LogP) is 6.36. The van der Waals surface area contributed by atoms with E-state index in [-0.39, 0.29) is 6.61 Å². The number of unbranched alkanes of at least 4 members (excludes halogenated alkanes) is 22. The van der Waals surface area contributed by atoms with Gasteiger partial charge in [0, 0.05) is 0 Å². The molecule has 0 aromatic rings. The van der Waals surface area contributed by atoms with Crippen LogP contribution in [0.3, 0.4) is 0 Å². The Balaban J connectivity index is 2.50. The Morgan fingerprint density at radius 3 is 1.62 bits per heavy atom. The van der Waals surface area contributed by atoms with Crippen LogP contribution in [0.4, 0.5) is 0 Å². The van der Waals surface area contributed by atoms with E-state index in [2.05, 4.69) is 19.2 Å². The normalized spacial score (nSPS) is 22.9. The Hall–Kier alpha value is -1.11. The summed E-state index contributed by atoms with van der Waals surface area (Å²) in [5.41, 5.74) is 0. The first-order valence-electron chi connectivity index (χ1n) is 20.5. The van der Waals surface area contributed by atoms with Crippen LogP contribution >= 0.6 is 0 Å². The van der Waals surface area contributed by atoms with Crippen molar-refractivity contribution in [2.75, 3.05) is 13.2 Å². The SMILES string of the molecule is CCCCCCCCCCCCCC/C=C/C(O)C(COC1OC(CO)C(O)C(O)C1O)NC(=O)C(O)CCCCCCCCCCCCC. The fourth-order valence-electron chi connectivity index (χ4n) is 6.51. The quantitative estimate of drug-likeness (QED) is 0.0302. The Labute approximate surface area is 304 Å². The first kappa shape index (κ1) is 46.9. The summed E-state index contributed by atoms with van der Waals surface area (Å²) in [6.07, 6.45) is 23.0. The van der Waals surface area contributed by atoms with E-state index in [9.17, 15) is 35.4 Å². The highest BCUT2D eigenvalue weighted by atomic mass is 16.7. The molecule has 1 amide bonds. The topological polar surface area (TPSA) is 169 Å². The van der Waals surface area contributed by atoms with E-state index in [1.807, 2.05) is 6.08 Å². The molecule has 1 aliphatic rings. The maximum atomic E-state index is 12.9. The van der Waals surface area contributed by atoms with Crippen molar-refractivity contribution in [2.45, 2.75) is 223 Å². The second-order valence-corrected chi connectivity index (χ2v) is 14.6. The molecule has 1 heterocycles. The van der Waals surface area contributed by atoms with Crippen molar-refractivity contribution in [1.29, 1.82) is 0 Å². The molecule has 10 nitrogen and oxygen atoms in total. The van der Waals surface area contributed by atoms with Gasteiger partial charge < -0.3 is 45.4 Å². The van der Waals surface area contributed by atoms with Gasteiger partial charge in [0.25, 0.3) is 0 Å². The summed E-state index contributed by atoms with van der Waals surface area (Å²) >= 11 is 0. The van der Waals surface area contributed by atoms with Gasteiger partial charge in [0.05, 0.1) is 25.4 Å². The Morgan fingerprint density at radius 2 is 1.14 bits per heavy atom. The highest BCUT2D eigenvalue weighted by Crippen LogP contribution is 2.22. The van der Waals surface area contributed by atoms with Crippen LogP contribution in [0.25, 0.3) is 0 Å². The van der Waals surface area contributed by atoms with Crippen molar-refractivity contribution >= 4 is 5.91 Å². The maximum absolute atomic E-state index is 12.9. The van der Waals surface area contributed by atoms with E-state index < -0.39 is 61.5 Å². The van der Waals surface area contributed by atoms with Gasteiger partial charge in [0.1, 0.15) is 30.5 Å². The lowest BCUT2D eigenvalue weighted by atomic mass is 9.99. The molecule has 0 aliphatic carbocycles. The summed E-state index contributed by atoms with van der Waals surface area (Å²) in [6.45, 7) is 3.57. The fraction of sp³-hybridized carbons (Fsp3) is 0.925. The third-order valence-electron chi connectivity index (χ3n) is 9.97. The molecule has 0 spiro atoms. The second-order valence-electron chi connectivity index (χ2n) is 14.6. The minimum Gasteiger partial charge on any atom is -0.394 e. The van der Waals surface area contributed by atoms with Crippen LogP contribution in [0.2, 0.25) is 0 Å². The second kappa shape index (κ2) is 31.4. The summed E-state index contributed by atoms with van der Waals surface area (Å²) in [5.74, 6) is -0.618. The minimum atomic E-state index is -1.60. The molecule has 8 unspecified atom stereocenters. The molecule has 50 heavy (non-hydrogen) atoms. The van der Waals surface area contributed by atoms with Crippen molar-refractivity contribution in [3.63, 3.8) is 0 Å². The van der Waals surface area contributed by atoms with E-state index in [1.165, 1.54) is 109 Å². The summed E-state index contributed by atoms with van der Waals surface area (Å²) in [6, 6.07) is -0.972. The highest BCUT2D eigenvalue weighted by molar-refractivity contribution is 5.80. The van der Waals surface area contributed by atoms with Gasteiger partial charge in [-0.3, -0.25) is 4.79 Å². The lowest BCUT2D eigenvalue weighted by molar-refractivity contribution is -0.302. The van der Waals surface area contributed by atoms with Gasteiger partial charge >= 0.3 is 0 Å². The number of hydrogen-bond donors (Lipinski definition) is 7. The Kier molecular flexibility index (Phi) is 29.5. The molecular formula is C40H77NO9. The van der Waals surface area contributed by atoms with Crippen LogP contribution in [-0.4, -0.2) is 98.7 Å². The van der Waals surface area contributed by atoms with E-state index in [0.29, 0.717) is 6.42 Å². The molecule has 1 rings (SSSR count). The van der Waals surface area contributed by atoms with Crippen LogP contribution in [-0.2, 0) is 14.3 Å². The van der Waals surface area contributed by atoms with Crippen LogP contribution in [0, 0.1) is 0 Å². The summed E-state index contributed by atoms with van der Waals surface area (Å²) in [4.78, 5) is 12.9. The molecule has 1 aliphatic heterocycles. The number of nitrogens with one attached hydrogen (secondary N) is 1. The lowest BCUT2D eigenvalue weighted by Gasteiger charge is -2.40. The van der Waals surface area contributed by atoms with E-state index in [4.69, 9.17) is 9.47 Å². The number of aliphatic hydroxyl groups excluding tert-OH is 6. The largest absolute Gasteiger partial charge is 0.394 e. The summed E-state index contributed by atoms with van der Waals surface area (Å²) < 4.78 is 11.1. The molecule has 7 N–H and O–H groups in total. The molecular weight excluding hydrogens is 638 g/mol. The number of rotatable bonds is 33. The van der Waals surface area contributed by atoms with Crippen LogP contribution < -0.4 is 5.32 Å². The Bertz CT molecular complexity index is 814. The molecule has 296 valence electrons. The average molecular weight is 716 g/mol. The van der Waals surface area contributed by atoms with Crippen molar-refractivity contribution in [1.82, 2.24) is 5.32 Å². The van der Waals surface area contributed by atoms with Gasteiger partial charge in [-0.1, -0.05) is 167 Å². The van der Waals surface area contributed by atoms with E-state index in [1.54, 1.807) is 6.08 Å². The van der Waals surface area contributed by atoms with Gasteiger partial charge in [-0.15, -0.1) is 0 Å². The average Bonchev–Trinajstić information content (AvgIpc) is 3.11.